The molecule has 1 fully saturated rings. The number of hydrogen-bond acceptors (Lipinski definition) is 2. The van der Waals surface area contributed by atoms with Crippen LogP contribution in [0.2, 0.25) is 0 Å². The van der Waals surface area contributed by atoms with Crippen LogP contribution in [0.3, 0.4) is 0 Å². The zero-order valence-corrected chi connectivity index (χ0v) is 7.50. The molecule has 1 saturated heterocycles. The largest absolute Gasteiger partial charge is 0.494 e. The lowest BCUT2D eigenvalue weighted by molar-refractivity contribution is 0.143. The van der Waals surface area contributed by atoms with Crippen LogP contribution in [0.5, 0.6) is 0 Å². The van der Waals surface area contributed by atoms with E-state index in [1.54, 1.807) is 0 Å². The van der Waals surface area contributed by atoms with E-state index < -0.39 is 18.8 Å². The maximum atomic E-state index is 12.8. The molecule has 0 aliphatic carbocycles. The molecular formula is C9H9BF2O2. The van der Waals surface area contributed by atoms with E-state index in [1.165, 1.54) is 12.1 Å². The molecule has 1 aliphatic heterocycles. The summed E-state index contributed by atoms with van der Waals surface area (Å²) in [5, 5.41) is 0. The first-order chi connectivity index (χ1) is 6.75. The summed E-state index contributed by atoms with van der Waals surface area (Å²) in [5.41, 5.74) is 0.391. The third kappa shape index (κ3) is 2.11. The standard InChI is InChI=1S/C9H9BF2O2/c11-8-4-7(5-9(12)6-8)10-13-2-1-3-14-10/h4-6H,1-3H2. The molecule has 0 radical (unpaired) electrons. The van der Waals surface area contributed by atoms with E-state index in [4.69, 9.17) is 9.31 Å². The Morgan fingerprint density at radius 2 is 1.57 bits per heavy atom. The molecule has 1 aromatic carbocycles. The molecule has 0 aromatic heterocycles. The molecule has 0 unspecified atom stereocenters. The van der Waals surface area contributed by atoms with Gasteiger partial charge in [0, 0.05) is 19.3 Å². The second-order valence-electron chi connectivity index (χ2n) is 3.13. The second-order valence-corrected chi connectivity index (χ2v) is 3.13. The highest BCUT2D eigenvalue weighted by Gasteiger charge is 2.25. The molecule has 1 aliphatic rings. The monoisotopic (exact) mass is 198 g/mol. The molecule has 2 rings (SSSR count). The number of halogens is 2. The molecule has 14 heavy (non-hydrogen) atoms. The van der Waals surface area contributed by atoms with Gasteiger partial charge in [0.1, 0.15) is 11.6 Å². The lowest BCUT2D eigenvalue weighted by atomic mass is 9.78. The minimum atomic E-state index is -0.631. The summed E-state index contributed by atoms with van der Waals surface area (Å²) in [6.07, 6.45) is 0.814. The van der Waals surface area contributed by atoms with Crippen LogP contribution in [0.15, 0.2) is 18.2 Å². The Bertz CT molecular complexity index is 306. The normalized spacial score (nSPS) is 17.1. The van der Waals surface area contributed by atoms with Crippen LogP contribution in [0.1, 0.15) is 6.42 Å². The highest BCUT2D eigenvalue weighted by atomic mass is 19.1. The van der Waals surface area contributed by atoms with Crippen molar-refractivity contribution in [3.8, 4) is 0 Å². The molecule has 0 atom stereocenters. The Labute approximate surface area is 81.0 Å². The van der Waals surface area contributed by atoms with Crippen LogP contribution >= 0.6 is 0 Å². The summed E-state index contributed by atoms with van der Waals surface area (Å²) < 4.78 is 36.1. The van der Waals surface area contributed by atoms with E-state index in [9.17, 15) is 8.78 Å². The van der Waals surface area contributed by atoms with Crippen molar-refractivity contribution in [3.63, 3.8) is 0 Å². The average Bonchev–Trinajstić information content (AvgIpc) is 2.18. The molecule has 0 amide bonds. The van der Waals surface area contributed by atoms with Crippen LogP contribution in [0, 0.1) is 11.6 Å². The quantitative estimate of drug-likeness (QED) is 0.629. The van der Waals surface area contributed by atoms with E-state index in [0.29, 0.717) is 18.7 Å². The number of hydrogen-bond donors (Lipinski definition) is 0. The van der Waals surface area contributed by atoms with Gasteiger partial charge in [0.25, 0.3) is 0 Å². The third-order valence-electron chi connectivity index (χ3n) is 1.98. The summed E-state index contributed by atoms with van der Waals surface area (Å²) in [6, 6.07) is 3.27. The van der Waals surface area contributed by atoms with E-state index in [1.807, 2.05) is 0 Å². The maximum Gasteiger partial charge on any atom is 0.494 e. The van der Waals surface area contributed by atoms with Crippen molar-refractivity contribution in [2.24, 2.45) is 0 Å². The molecule has 0 saturated carbocycles. The molecule has 0 N–H and O–H groups in total. The first-order valence-electron chi connectivity index (χ1n) is 4.45. The number of benzene rings is 1. The fourth-order valence-corrected chi connectivity index (χ4v) is 1.39. The topological polar surface area (TPSA) is 18.5 Å². The second kappa shape index (κ2) is 4.06. The Hall–Kier alpha value is -0.935. The summed E-state index contributed by atoms with van der Waals surface area (Å²) >= 11 is 0. The van der Waals surface area contributed by atoms with Gasteiger partial charge in [-0.3, -0.25) is 0 Å². The van der Waals surface area contributed by atoms with Crippen LogP contribution in [-0.4, -0.2) is 20.3 Å². The zero-order valence-electron chi connectivity index (χ0n) is 7.50. The number of rotatable bonds is 1. The van der Waals surface area contributed by atoms with Crippen molar-refractivity contribution < 1.29 is 18.1 Å². The van der Waals surface area contributed by atoms with Gasteiger partial charge in [0.05, 0.1) is 0 Å². The van der Waals surface area contributed by atoms with Crippen LogP contribution in [0.4, 0.5) is 8.78 Å². The van der Waals surface area contributed by atoms with Crippen LogP contribution < -0.4 is 5.46 Å². The minimum Gasteiger partial charge on any atom is -0.407 e. The van der Waals surface area contributed by atoms with Crippen molar-refractivity contribution in [1.82, 2.24) is 0 Å². The third-order valence-corrected chi connectivity index (χ3v) is 1.98. The van der Waals surface area contributed by atoms with Gasteiger partial charge in [-0.05, 0) is 24.0 Å². The van der Waals surface area contributed by atoms with Crippen LogP contribution in [-0.2, 0) is 9.31 Å². The summed E-state index contributed by atoms with van der Waals surface area (Å²) in [6.45, 7) is 1.12. The predicted molar refractivity (Wildman–Crippen MR) is 48.3 cm³/mol. The van der Waals surface area contributed by atoms with E-state index >= 15 is 0 Å². The molecule has 0 spiro atoms. The smallest absolute Gasteiger partial charge is 0.407 e. The Morgan fingerprint density at radius 1 is 1.00 bits per heavy atom. The van der Waals surface area contributed by atoms with Gasteiger partial charge in [-0.15, -0.1) is 0 Å². The van der Waals surface area contributed by atoms with E-state index in [-0.39, 0.29) is 0 Å². The Morgan fingerprint density at radius 3 is 2.14 bits per heavy atom. The fourth-order valence-electron chi connectivity index (χ4n) is 1.39. The summed E-state index contributed by atoms with van der Waals surface area (Å²) in [7, 11) is -0.631. The maximum absolute atomic E-state index is 12.8. The van der Waals surface area contributed by atoms with Crippen molar-refractivity contribution in [2.45, 2.75) is 6.42 Å². The molecular weight excluding hydrogens is 189 g/mol. The lowest BCUT2D eigenvalue weighted by Crippen LogP contribution is -2.41. The first-order valence-corrected chi connectivity index (χ1v) is 4.45. The van der Waals surface area contributed by atoms with Gasteiger partial charge >= 0.3 is 7.12 Å². The van der Waals surface area contributed by atoms with E-state index in [2.05, 4.69) is 0 Å². The SMILES string of the molecule is Fc1cc(F)cc(B2OCCCO2)c1. The van der Waals surface area contributed by atoms with Gasteiger partial charge in [-0.1, -0.05) is 0 Å². The Balaban J connectivity index is 2.21. The highest BCUT2D eigenvalue weighted by molar-refractivity contribution is 6.61. The van der Waals surface area contributed by atoms with Gasteiger partial charge in [0.15, 0.2) is 0 Å². The van der Waals surface area contributed by atoms with Gasteiger partial charge in [-0.2, -0.15) is 0 Å². The van der Waals surface area contributed by atoms with E-state index in [0.717, 1.165) is 12.5 Å². The average molecular weight is 198 g/mol. The van der Waals surface area contributed by atoms with Crippen molar-refractivity contribution in [2.75, 3.05) is 13.2 Å². The first kappa shape index (κ1) is 9.61. The van der Waals surface area contributed by atoms with Crippen molar-refractivity contribution in [1.29, 1.82) is 0 Å². The van der Waals surface area contributed by atoms with Crippen LogP contribution in [0.25, 0.3) is 0 Å². The fraction of sp³-hybridized carbons (Fsp3) is 0.333. The summed E-state index contributed by atoms with van der Waals surface area (Å²) in [5.74, 6) is -1.23. The Kier molecular flexibility index (Phi) is 2.79. The zero-order chi connectivity index (χ0) is 9.97. The lowest BCUT2D eigenvalue weighted by Gasteiger charge is -2.19. The molecule has 1 aromatic rings. The van der Waals surface area contributed by atoms with Crippen molar-refractivity contribution in [3.05, 3.63) is 29.8 Å². The molecule has 5 heteroatoms. The molecule has 1 heterocycles. The highest BCUT2D eigenvalue weighted by Crippen LogP contribution is 2.05. The minimum absolute atomic E-state index is 0.391. The van der Waals surface area contributed by atoms with Crippen molar-refractivity contribution >= 4 is 12.6 Å². The predicted octanol–water partition coefficient (Wildman–Crippen LogP) is 1.10. The van der Waals surface area contributed by atoms with Gasteiger partial charge in [-0.25, -0.2) is 8.78 Å². The van der Waals surface area contributed by atoms with Gasteiger partial charge in [0.2, 0.25) is 0 Å². The molecule has 74 valence electrons. The van der Waals surface area contributed by atoms with Gasteiger partial charge < -0.3 is 9.31 Å². The molecule has 0 bridgehead atoms. The molecule has 2 nitrogen and oxygen atoms in total. The summed E-state index contributed by atoms with van der Waals surface area (Å²) in [4.78, 5) is 0.